The molecule has 1 aliphatic rings. The van der Waals surface area contributed by atoms with Crippen LogP contribution in [0, 0.1) is 6.92 Å². The normalized spacial score (nSPS) is 15.1. The lowest BCUT2D eigenvalue weighted by Gasteiger charge is -2.20. The molecule has 1 saturated heterocycles. The summed E-state index contributed by atoms with van der Waals surface area (Å²) < 4.78 is 38.1. The summed E-state index contributed by atoms with van der Waals surface area (Å²) >= 11 is 0. The summed E-state index contributed by atoms with van der Waals surface area (Å²) in [6.07, 6.45) is 1.68. The Labute approximate surface area is 159 Å². The fourth-order valence-corrected chi connectivity index (χ4v) is 4.87. The van der Waals surface area contributed by atoms with E-state index in [-0.39, 0.29) is 16.6 Å². The van der Waals surface area contributed by atoms with E-state index >= 15 is 0 Å². The van der Waals surface area contributed by atoms with Gasteiger partial charge < -0.3 is 14.1 Å². The van der Waals surface area contributed by atoms with Crippen LogP contribution in [0.2, 0.25) is 0 Å². The average molecular weight is 392 g/mol. The SMILES string of the molecule is COc1ccc(C(=O)N(C)Cc2ccc(C)o2)cc1S(=O)(=O)N1CCCC1. The largest absolute Gasteiger partial charge is 0.495 e. The summed E-state index contributed by atoms with van der Waals surface area (Å²) in [5.41, 5.74) is 0.291. The van der Waals surface area contributed by atoms with Crippen molar-refractivity contribution in [1.29, 1.82) is 0 Å². The lowest BCUT2D eigenvalue weighted by Crippen LogP contribution is -2.29. The molecule has 1 aliphatic heterocycles. The highest BCUT2D eigenvalue weighted by molar-refractivity contribution is 7.89. The van der Waals surface area contributed by atoms with Gasteiger partial charge in [0.15, 0.2) is 0 Å². The minimum Gasteiger partial charge on any atom is -0.495 e. The Morgan fingerprint density at radius 3 is 2.52 bits per heavy atom. The summed E-state index contributed by atoms with van der Waals surface area (Å²) in [5, 5.41) is 0. The molecule has 0 spiro atoms. The molecule has 1 aromatic carbocycles. The minimum atomic E-state index is -3.70. The van der Waals surface area contributed by atoms with Gasteiger partial charge in [-0.1, -0.05) is 0 Å². The lowest BCUT2D eigenvalue weighted by molar-refractivity contribution is 0.0774. The van der Waals surface area contributed by atoms with Crippen LogP contribution in [-0.2, 0) is 16.6 Å². The molecule has 0 radical (unpaired) electrons. The van der Waals surface area contributed by atoms with E-state index in [1.165, 1.54) is 28.4 Å². The number of carbonyl (C=O) groups is 1. The third-order valence-electron chi connectivity index (χ3n) is 4.63. The van der Waals surface area contributed by atoms with Crippen molar-refractivity contribution in [2.24, 2.45) is 0 Å². The van der Waals surface area contributed by atoms with Crippen LogP contribution in [0.5, 0.6) is 5.75 Å². The number of rotatable bonds is 6. The first-order valence-electron chi connectivity index (χ1n) is 8.82. The Balaban J connectivity index is 1.88. The highest BCUT2D eigenvalue weighted by atomic mass is 32.2. The number of aryl methyl sites for hydroxylation is 1. The van der Waals surface area contributed by atoms with Gasteiger partial charge in [0.05, 0.1) is 13.7 Å². The monoisotopic (exact) mass is 392 g/mol. The van der Waals surface area contributed by atoms with E-state index < -0.39 is 10.0 Å². The molecule has 2 aromatic rings. The number of nitrogens with zero attached hydrogens (tertiary/aromatic N) is 2. The Hall–Kier alpha value is -2.32. The molecule has 1 aromatic heterocycles. The molecule has 8 heteroatoms. The molecule has 27 heavy (non-hydrogen) atoms. The molecule has 7 nitrogen and oxygen atoms in total. The van der Waals surface area contributed by atoms with Crippen molar-refractivity contribution >= 4 is 15.9 Å². The topological polar surface area (TPSA) is 80.1 Å². The summed E-state index contributed by atoms with van der Waals surface area (Å²) in [6.45, 7) is 3.11. The van der Waals surface area contributed by atoms with E-state index in [1.807, 2.05) is 19.1 Å². The van der Waals surface area contributed by atoms with Gasteiger partial charge in [-0.15, -0.1) is 0 Å². The maximum absolute atomic E-state index is 13.0. The number of carbonyl (C=O) groups excluding carboxylic acids is 1. The average Bonchev–Trinajstić information content (AvgIpc) is 3.32. The second-order valence-corrected chi connectivity index (χ2v) is 8.56. The van der Waals surface area contributed by atoms with Gasteiger partial charge in [0.25, 0.3) is 5.91 Å². The van der Waals surface area contributed by atoms with Gasteiger partial charge >= 0.3 is 0 Å². The van der Waals surface area contributed by atoms with Gasteiger partial charge in [-0.05, 0) is 50.1 Å². The van der Waals surface area contributed by atoms with Crippen molar-refractivity contribution in [3.63, 3.8) is 0 Å². The second kappa shape index (κ2) is 7.74. The first kappa shape index (κ1) is 19.4. The molecule has 0 bridgehead atoms. The number of ether oxygens (including phenoxy) is 1. The van der Waals surface area contributed by atoms with E-state index in [9.17, 15) is 13.2 Å². The molecule has 2 heterocycles. The first-order chi connectivity index (χ1) is 12.8. The van der Waals surface area contributed by atoms with Crippen LogP contribution in [0.15, 0.2) is 39.6 Å². The van der Waals surface area contributed by atoms with Crippen LogP contribution in [-0.4, -0.2) is 50.8 Å². The molecular formula is C19H24N2O5S. The quantitative estimate of drug-likeness (QED) is 0.755. The van der Waals surface area contributed by atoms with Gasteiger partial charge in [0.1, 0.15) is 22.2 Å². The van der Waals surface area contributed by atoms with Crippen molar-refractivity contribution < 1.29 is 22.4 Å². The molecule has 0 atom stereocenters. The van der Waals surface area contributed by atoms with Crippen molar-refractivity contribution in [3.8, 4) is 5.75 Å². The predicted octanol–water partition coefficient (Wildman–Crippen LogP) is 2.65. The van der Waals surface area contributed by atoms with E-state index in [1.54, 1.807) is 13.1 Å². The molecule has 0 saturated carbocycles. The number of furan rings is 1. The van der Waals surface area contributed by atoms with Gasteiger partial charge in [0, 0.05) is 25.7 Å². The van der Waals surface area contributed by atoms with Crippen molar-refractivity contribution in [3.05, 3.63) is 47.4 Å². The van der Waals surface area contributed by atoms with Gasteiger partial charge in [-0.25, -0.2) is 8.42 Å². The first-order valence-corrected chi connectivity index (χ1v) is 10.3. The van der Waals surface area contributed by atoms with Crippen molar-refractivity contribution in [2.45, 2.75) is 31.2 Å². The fraction of sp³-hybridized carbons (Fsp3) is 0.421. The molecule has 3 rings (SSSR count). The molecule has 0 aliphatic carbocycles. The Morgan fingerprint density at radius 1 is 1.22 bits per heavy atom. The molecule has 146 valence electrons. The summed E-state index contributed by atoms with van der Waals surface area (Å²) in [5.74, 6) is 1.39. The van der Waals surface area contributed by atoms with E-state index in [4.69, 9.17) is 9.15 Å². The Kier molecular flexibility index (Phi) is 5.57. The number of amides is 1. The van der Waals surface area contributed by atoms with Crippen molar-refractivity contribution in [1.82, 2.24) is 9.21 Å². The zero-order chi connectivity index (χ0) is 19.6. The highest BCUT2D eigenvalue weighted by Gasteiger charge is 2.31. The minimum absolute atomic E-state index is 0.0278. The molecule has 0 N–H and O–H groups in total. The fourth-order valence-electron chi connectivity index (χ4n) is 3.17. The number of sulfonamides is 1. The van der Waals surface area contributed by atoms with Crippen LogP contribution in [0.4, 0.5) is 0 Å². The summed E-state index contributed by atoms with van der Waals surface area (Å²) in [4.78, 5) is 14.3. The lowest BCUT2D eigenvalue weighted by atomic mass is 10.2. The molecule has 1 amide bonds. The summed E-state index contributed by atoms with van der Waals surface area (Å²) in [7, 11) is -0.626. The van der Waals surface area contributed by atoms with E-state index in [2.05, 4.69) is 0 Å². The van der Waals surface area contributed by atoms with E-state index in [0.29, 0.717) is 31.0 Å². The second-order valence-electron chi connectivity index (χ2n) is 6.65. The molecule has 0 unspecified atom stereocenters. The predicted molar refractivity (Wildman–Crippen MR) is 100 cm³/mol. The maximum Gasteiger partial charge on any atom is 0.254 e. The van der Waals surface area contributed by atoms with Gasteiger partial charge in [-0.2, -0.15) is 4.31 Å². The van der Waals surface area contributed by atoms with Crippen molar-refractivity contribution in [2.75, 3.05) is 27.2 Å². The van der Waals surface area contributed by atoms with Crippen LogP contribution in [0.3, 0.4) is 0 Å². The number of hydrogen-bond donors (Lipinski definition) is 0. The van der Waals surface area contributed by atoms with Gasteiger partial charge in [-0.3, -0.25) is 4.79 Å². The standard InChI is InChI=1S/C19H24N2O5S/c1-14-6-8-16(26-14)13-20(2)19(22)15-7-9-17(25-3)18(12-15)27(23,24)21-10-4-5-11-21/h6-9,12H,4-5,10-11,13H2,1-3H3. The maximum atomic E-state index is 13.0. The zero-order valence-corrected chi connectivity index (χ0v) is 16.6. The zero-order valence-electron chi connectivity index (χ0n) is 15.8. The summed E-state index contributed by atoms with van der Waals surface area (Å²) in [6, 6.07) is 8.16. The number of methoxy groups -OCH3 is 1. The molecule has 1 fully saturated rings. The highest BCUT2D eigenvalue weighted by Crippen LogP contribution is 2.30. The van der Waals surface area contributed by atoms with Crippen LogP contribution in [0.1, 0.15) is 34.7 Å². The molecular weight excluding hydrogens is 368 g/mol. The van der Waals surface area contributed by atoms with Gasteiger partial charge in [0.2, 0.25) is 10.0 Å². The third kappa shape index (κ3) is 4.01. The number of hydrogen-bond acceptors (Lipinski definition) is 5. The Morgan fingerprint density at radius 2 is 1.93 bits per heavy atom. The van der Waals surface area contributed by atoms with E-state index in [0.717, 1.165) is 18.6 Å². The van der Waals surface area contributed by atoms with Crippen LogP contribution < -0.4 is 4.74 Å². The third-order valence-corrected chi connectivity index (χ3v) is 6.55. The Bertz CT molecular complexity index is 929. The van der Waals surface area contributed by atoms with Crippen LogP contribution >= 0.6 is 0 Å². The van der Waals surface area contributed by atoms with Crippen LogP contribution in [0.25, 0.3) is 0 Å². The number of benzene rings is 1. The smallest absolute Gasteiger partial charge is 0.254 e.